The molecule has 0 amide bonds. The summed E-state index contributed by atoms with van der Waals surface area (Å²) in [6.45, 7) is 0. The Morgan fingerprint density at radius 3 is 2.74 bits per heavy atom. The molecule has 0 aliphatic heterocycles. The molecule has 0 bridgehead atoms. The van der Waals surface area contributed by atoms with Gasteiger partial charge in [0.2, 0.25) is 0 Å². The van der Waals surface area contributed by atoms with E-state index in [1.165, 1.54) is 6.07 Å². The molecule has 0 aliphatic carbocycles. The normalized spacial score (nSPS) is 10.8. The fourth-order valence-corrected chi connectivity index (χ4v) is 2.05. The molecular formula is C14H10FN3O. The van der Waals surface area contributed by atoms with Crippen LogP contribution in [-0.4, -0.2) is 20.9 Å². The quantitative estimate of drug-likeness (QED) is 0.674. The van der Waals surface area contributed by atoms with Gasteiger partial charge in [-0.25, -0.2) is 4.39 Å². The maximum absolute atomic E-state index is 13.6. The Morgan fingerprint density at radius 1 is 1.11 bits per heavy atom. The van der Waals surface area contributed by atoms with Crippen molar-refractivity contribution >= 4 is 11.9 Å². The molecule has 94 valence electrons. The third kappa shape index (κ3) is 1.99. The standard InChI is InChI=1S/C14H10FN3O/c15-12-6-2-1-4-10(12)8-14-17-16-13-7-3-5-11(9-19)18(13)14/h1-7,9H,8H2. The van der Waals surface area contributed by atoms with Crippen molar-refractivity contribution in [3.8, 4) is 0 Å². The summed E-state index contributed by atoms with van der Waals surface area (Å²) >= 11 is 0. The van der Waals surface area contributed by atoms with Crippen molar-refractivity contribution in [3.05, 3.63) is 65.4 Å². The lowest BCUT2D eigenvalue weighted by Gasteiger charge is -2.03. The fraction of sp³-hybridized carbons (Fsp3) is 0.0714. The van der Waals surface area contributed by atoms with Crippen LogP contribution in [0.15, 0.2) is 42.5 Å². The van der Waals surface area contributed by atoms with E-state index in [4.69, 9.17) is 0 Å². The van der Waals surface area contributed by atoms with Gasteiger partial charge < -0.3 is 0 Å². The SMILES string of the molecule is O=Cc1cccc2nnc(Cc3ccccc3F)n12. The van der Waals surface area contributed by atoms with E-state index in [1.807, 2.05) is 0 Å². The van der Waals surface area contributed by atoms with Crippen LogP contribution in [0.2, 0.25) is 0 Å². The van der Waals surface area contributed by atoms with Gasteiger partial charge in [0.05, 0.1) is 5.69 Å². The maximum atomic E-state index is 13.6. The average molecular weight is 255 g/mol. The second-order valence-corrected chi connectivity index (χ2v) is 4.15. The van der Waals surface area contributed by atoms with Crippen LogP contribution in [0, 0.1) is 5.82 Å². The van der Waals surface area contributed by atoms with E-state index in [0.717, 1.165) is 6.29 Å². The largest absolute Gasteiger partial charge is 0.296 e. The number of nitrogens with zero attached hydrogens (tertiary/aromatic N) is 3. The maximum Gasteiger partial charge on any atom is 0.166 e. The van der Waals surface area contributed by atoms with Crippen molar-refractivity contribution in [1.82, 2.24) is 14.6 Å². The van der Waals surface area contributed by atoms with E-state index in [2.05, 4.69) is 10.2 Å². The molecule has 1 aromatic carbocycles. The van der Waals surface area contributed by atoms with E-state index < -0.39 is 0 Å². The number of aromatic nitrogens is 3. The molecule has 0 saturated carbocycles. The molecule has 0 fully saturated rings. The van der Waals surface area contributed by atoms with Crippen molar-refractivity contribution in [3.63, 3.8) is 0 Å². The molecule has 5 heteroatoms. The number of carbonyl (C=O) groups excluding carboxylic acids is 1. The Kier molecular flexibility index (Phi) is 2.79. The summed E-state index contributed by atoms with van der Waals surface area (Å²) in [5, 5.41) is 8.01. The Morgan fingerprint density at radius 2 is 1.95 bits per heavy atom. The average Bonchev–Trinajstić information content (AvgIpc) is 2.85. The van der Waals surface area contributed by atoms with Gasteiger partial charge in [-0.05, 0) is 23.8 Å². The van der Waals surface area contributed by atoms with Crippen LogP contribution in [0.5, 0.6) is 0 Å². The highest BCUT2D eigenvalue weighted by atomic mass is 19.1. The molecule has 0 spiro atoms. The van der Waals surface area contributed by atoms with Gasteiger partial charge in [-0.1, -0.05) is 24.3 Å². The van der Waals surface area contributed by atoms with E-state index in [0.29, 0.717) is 29.1 Å². The Bertz CT molecular complexity index is 751. The molecular weight excluding hydrogens is 245 g/mol. The zero-order valence-electron chi connectivity index (χ0n) is 9.95. The van der Waals surface area contributed by atoms with E-state index in [1.54, 1.807) is 40.8 Å². The Hall–Kier alpha value is -2.56. The zero-order chi connectivity index (χ0) is 13.2. The van der Waals surface area contributed by atoms with E-state index >= 15 is 0 Å². The topological polar surface area (TPSA) is 47.3 Å². The van der Waals surface area contributed by atoms with Crippen LogP contribution in [-0.2, 0) is 6.42 Å². The molecule has 0 unspecified atom stereocenters. The lowest BCUT2D eigenvalue weighted by Crippen LogP contribution is -2.02. The van der Waals surface area contributed by atoms with Gasteiger partial charge in [-0.15, -0.1) is 10.2 Å². The van der Waals surface area contributed by atoms with Crippen LogP contribution in [0.4, 0.5) is 4.39 Å². The number of aldehydes is 1. The first-order chi connectivity index (χ1) is 9.29. The minimum Gasteiger partial charge on any atom is -0.296 e. The van der Waals surface area contributed by atoms with Gasteiger partial charge in [0.15, 0.2) is 11.9 Å². The second kappa shape index (κ2) is 4.61. The van der Waals surface area contributed by atoms with Crippen molar-refractivity contribution in [2.24, 2.45) is 0 Å². The molecule has 4 nitrogen and oxygen atoms in total. The third-order valence-corrected chi connectivity index (χ3v) is 2.95. The summed E-state index contributed by atoms with van der Waals surface area (Å²) < 4.78 is 15.3. The zero-order valence-corrected chi connectivity index (χ0v) is 9.95. The first kappa shape index (κ1) is 11.5. The molecule has 0 radical (unpaired) electrons. The van der Waals surface area contributed by atoms with Crippen LogP contribution in [0.3, 0.4) is 0 Å². The minimum absolute atomic E-state index is 0.289. The highest BCUT2D eigenvalue weighted by molar-refractivity contribution is 5.74. The monoisotopic (exact) mass is 255 g/mol. The van der Waals surface area contributed by atoms with Crippen molar-refractivity contribution in [2.45, 2.75) is 6.42 Å². The number of hydrogen-bond acceptors (Lipinski definition) is 3. The first-order valence-electron chi connectivity index (χ1n) is 5.81. The van der Waals surface area contributed by atoms with Crippen LogP contribution < -0.4 is 0 Å². The number of carbonyl (C=O) groups is 1. The van der Waals surface area contributed by atoms with Crippen LogP contribution in [0.25, 0.3) is 5.65 Å². The third-order valence-electron chi connectivity index (χ3n) is 2.95. The molecule has 2 aromatic heterocycles. The second-order valence-electron chi connectivity index (χ2n) is 4.15. The summed E-state index contributed by atoms with van der Waals surface area (Å²) in [5.41, 5.74) is 1.56. The van der Waals surface area contributed by atoms with Gasteiger partial charge in [0, 0.05) is 6.42 Å². The highest BCUT2D eigenvalue weighted by Gasteiger charge is 2.11. The minimum atomic E-state index is -0.289. The van der Waals surface area contributed by atoms with Crippen molar-refractivity contribution < 1.29 is 9.18 Å². The van der Waals surface area contributed by atoms with Gasteiger partial charge in [0.25, 0.3) is 0 Å². The van der Waals surface area contributed by atoms with E-state index in [-0.39, 0.29) is 5.82 Å². The van der Waals surface area contributed by atoms with Gasteiger partial charge >= 0.3 is 0 Å². The van der Waals surface area contributed by atoms with Crippen LogP contribution in [0.1, 0.15) is 21.9 Å². The predicted molar refractivity (Wildman–Crippen MR) is 67.6 cm³/mol. The number of fused-ring (bicyclic) bond motifs is 1. The molecule has 0 aliphatic rings. The Labute approximate surface area is 108 Å². The highest BCUT2D eigenvalue weighted by Crippen LogP contribution is 2.14. The Balaban J connectivity index is 2.11. The first-order valence-corrected chi connectivity index (χ1v) is 5.81. The number of benzene rings is 1. The van der Waals surface area contributed by atoms with Gasteiger partial charge in [0.1, 0.15) is 11.6 Å². The summed E-state index contributed by atoms with van der Waals surface area (Å²) in [6, 6.07) is 11.7. The molecule has 2 heterocycles. The fourth-order valence-electron chi connectivity index (χ4n) is 2.05. The summed E-state index contributed by atoms with van der Waals surface area (Å²) in [6.07, 6.45) is 1.03. The molecule has 3 aromatic rings. The molecule has 3 rings (SSSR count). The lowest BCUT2D eigenvalue weighted by atomic mass is 10.1. The number of hydrogen-bond donors (Lipinski definition) is 0. The molecule has 0 N–H and O–H groups in total. The molecule has 0 saturated heterocycles. The molecule has 0 atom stereocenters. The van der Waals surface area contributed by atoms with Gasteiger partial charge in [-0.2, -0.15) is 0 Å². The predicted octanol–water partition coefficient (Wildman–Crippen LogP) is 2.27. The number of halogens is 1. The summed E-state index contributed by atoms with van der Waals surface area (Å²) in [7, 11) is 0. The van der Waals surface area contributed by atoms with Crippen molar-refractivity contribution in [1.29, 1.82) is 0 Å². The van der Waals surface area contributed by atoms with Crippen LogP contribution >= 0.6 is 0 Å². The summed E-state index contributed by atoms with van der Waals surface area (Å²) in [4.78, 5) is 11.0. The molecule has 19 heavy (non-hydrogen) atoms. The number of rotatable bonds is 3. The van der Waals surface area contributed by atoms with E-state index in [9.17, 15) is 9.18 Å². The van der Waals surface area contributed by atoms with Gasteiger partial charge in [-0.3, -0.25) is 9.20 Å². The smallest absolute Gasteiger partial charge is 0.166 e. The number of pyridine rings is 1. The van der Waals surface area contributed by atoms with Crippen molar-refractivity contribution in [2.75, 3.05) is 0 Å². The summed E-state index contributed by atoms with van der Waals surface area (Å²) in [5.74, 6) is 0.255. The lowest BCUT2D eigenvalue weighted by molar-refractivity contribution is 0.111.